The lowest BCUT2D eigenvalue weighted by atomic mass is 9.90. The van der Waals surface area contributed by atoms with Gasteiger partial charge >= 0.3 is 23.5 Å². The van der Waals surface area contributed by atoms with Crippen molar-refractivity contribution in [3.63, 3.8) is 0 Å². The highest BCUT2D eigenvalue weighted by molar-refractivity contribution is 7.66. The second kappa shape index (κ2) is 9.22. The summed E-state index contributed by atoms with van der Waals surface area (Å²) in [5.74, 6) is 0. The number of hydrogen-bond donors (Lipinski definition) is 5. The molecule has 1 saturated heterocycles. The Balaban J connectivity index is 1.35. The van der Waals surface area contributed by atoms with E-state index < -0.39 is 48.4 Å². The van der Waals surface area contributed by atoms with Gasteiger partial charge in [-0.2, -0.15) is 8.62 Å². The molecule has 192 valence electrons. The Morgan fingerprint density at radius 3 is 2.08 bits per heavy atom. The predicted octanol–water partition coefficient (Wildman–Crippen LogP) is 4.12. The van der Waals surface area contributed by atoms with Gasteiger partial charge < -0.3 is 29.4 Å². The van der Waals surface area contributed by atoms with Gasteiger partial charge in [-0.1, -0.05) is 54.6 Å². The van der Waals surface area contributed by atoms with Crippen LogP contribution in [0.15, 0.2) is 54.6 Å². The number of hydrogen-bond acceptors (Lipinski definition) is 8. The summed E-state index contributed by atoms with van der Waals surface area (Å²) >= 11 is 0. The van der Waals surface area contributed by atoms with Crippen molar-refractivity contribution in [3.8, 4) is 0 Å². The minimum atomic E-state index is -5.63. The average molecular weight is 558 g/mol. The molecule has 0 amide bonds. The summed E-state index contributed by atoms with van der Waals surface area (Å²) in [6.45, 7) is -0.715. The van der Waals surface area contributed by atoms with Crippen LogP contribution in [0.25, 0.3) is 32.3 Å². The number of aliphatic hydroxyl groups is 1. The third-order valence-corrected chi connectivity index (χ3v) is 9.75. The fraction of sp³-hybridized carbons (Fsp3) is 0.238. The maximum Gasteiger partial charge on any atom is 0.490 e. The Kier molecular flexibility index (Phi) is 6.63. The topological polar surface area (TPSA) is 189 Å². The lowest BCUT2D eigenvalue weighted by molar-refractivity contribution is -0.0217. The molecule has 0 saturated carbocycles. The molecule has 5 rings (SSSR count). The molecule has 0 aromatic heterocycles. The maximum absolute atomic E-state index is 12.0. The molecule has 0 aliphatic carbocycles. The third-order valence-electron chi connectivity index (χ3n) is 5.95. The first-order valence-corrected chi connectivity index (χ1v) is 15.1. The summed E-state index contributed by atoms with van der Waals surface area (Å²) in [7, 11) is -16.5. The van der Waals surface area contributed by atoms with E-state index in [-0.39, 0.29) is 6.42 Å². The Hall–Kier alpha value is -1.75. The molecule has 12 nitrogen and oxygen atoms in total. The van der Waals surface area contributed by atoms with Crippen molar-refractivity contribution >= 4 is 55.8 Å². The number of phosphoric ester groups is 1. The van der Waals surface area contributed by atoms with E-state index in [1.54, 1.807) is 0 Å². The van der Waals surface area contributed by atoms with Gasteiger partial charge in [0.15, 0.2) is 0 Å². The molecule has 15 heteroatoms. The van der Waals surface area contributed by atoms with Gasteiger partial charge in [-0.15, -0.1) is 0 Å². The fourth-order valence-corrected chi connectivity index (χ4v) is 7.62. The molecule has 2 unspecified atom stereocenters. The number of benzene rings is 4. The lowest BCUT2D eigenvalue weighted by Crippen LogP contribution is -2.26. The van der Waals surface area contributed by atoms with Crippen LogP contribution in [-0.4, -0.2) is 43.5 Å². The van der Waals surface area contributed by atoms with Gasteiger partial charge in [-0.25, -0.2) is 13.7 Å². The molecular formula is C21H21O12P3. The van der Waals surface area contributed by atoms with Gasteiger partial charge in [-0.3, -0.25) is 4.52 Å². The van der Waals surface area contributed by atoms with Crippen LogP contribution in [0.2, 0.25) is 0 Å². The van der Waals surface area contributed by atoms with Crippen LogP contribution in [0.3, 0.4) is 0 Å². The van der Waals surface area contributed by atoms with E-state index >= 15 is 0 Å². The normalized spacial score (nSPS) is 24.4. The molecule has 36 heavy (non-hydrogen) atoms. The van der Waals surface area contributed by atoms with Gasteiger partial charge in [0.05, 0.1) is 18.8 Å². The van der Waals surface area contributed by atoms with E-state index in [1.807, 2.05) is 48.5 Å². The highest BCUT2D eigenvalue weighted by atomic mass is 31.3. The highest BCUT2D eigenvalue weighted by Gasteiger charge is 2.43. The number of phosphoric acid groups is 3. The van der Waals surface area contributed by atoms with Crippen LogP contribution in [0.4, 0.5) is 0 Å². The molecule has 1 aliphatic heterocycles. The molecular weight excluding hydrogens is 537 g/mol. The maximum atomic E-state index is 12.0. The summed E-state index contributed by atoms with van der Waals surface area (Å²) in [4.78, 5) is 36.2. The molecule has 0 radical (unpaired) electrons. The molecule has 0 spiro atoms. The van der Waals surface area contributed by atoms with Crippen molar-refractivity contribution in [1.29, 1.82) is 0 Å². The smallest absolute Gasteiger partial charge is 0.390 e. The van der Waals surface area contributed by atoms with E-state index in [4.69, 9.17) is 14.5 Å². The first-order chi connectivity index (χ1) is 16.8. The van der Waals surface area contributed by atoms with Gasteiger partial charge in [0.1, 0.15) is 6.10 Å². The molecule has 0 bridgehead atoms. The summed E-state index contributed by atoms with van der Waals surface area (Å²) in [5, 5.41) is 16.8. The number of rotatable bonds is 8. The molecule has 1 fully saturated rings. The van der Waals surface area contributed by atoms with Crippen LogP contribution in [0, 0.1) is 0 Å². The monoisotopic (exact) mass is 558 g/mol. The summed E-state index contributed by atoms with van der Waals surface area (Å²) in [5.41, 5.74) is 0.806. The van der Waals surface area contributed by atoms with E-state index in [0.717, 1.165) is 37.9 Å². The molecule has 1 heterocycles. The van der Waals surface area contributed by atoms with E-state index in [1.165, 1.54) is 0 Å². The highest BCUT2D eigenvalue weighted by Crippen LogP contribution is 2.66. The van der Waals surface area contributed by atoms with Crippen molar-refractivity contribution < 1.29 is 56.3 Å². The average Bonchev–Trinajstić information content (AvgIpc) is 3.14. The standard InChI is InChI=1S/C21H21O12P3/c22-17-10-18(31-19(17)11-30-35(26,27)33-36(28,29)32-34(23,24)25)15-8-6-14-5-4-12-2-1-3-13-7-9-16(15)21(14)20(12)13/h1-9,17-19,22H,10-11H2,(H,26,27)(H,28,29)(H2,23,24,25)/t17-,18+,19+/m0/s1. The van der Waals surface area contributed by atoms with Gasteiger partial charge in [0, 0.05) is 6.42 Å². The Morgan fingerprint density at radius 2 is 1.42 bits per heavy atom. The first-order valence-electron chi connectivity index (χ1n) is 10.6. The van der Waals surface area contributed by atoms with Gasteiger partial charge in [-0.05, 0) is 37.9 Å². The predicted molar refractivity (Wildman–Crippen MR) is 128 cm³/mol. The summed E-state index contributed by atoms with van der Waals surface area (Å²) in [6.07, 6.45) is -2.65. The zero-order valence-electron chi connectivity index (χ0n) is 18.3. The SMILES string of the molecule is O=P(O)(O)OP(=O)(O)OP(=O)(O)OC[C@H]1O[C@@H](c2ccc3ccc4cccc5ccc2c3c45)C[C@@H]1O. The lowest BCUT2D eigenvalue weighted by Gasteiger charge is -2.20. The number of ether oxygens (including phenoxy) is 1. The fourth-order valence-electron chi connectivity index (χ4n) is 4.59. The second-order valence-electron chi connectivity index (χ2n) is 8.36. The zero-order valence-corrected chi connectivity index (χ0v) is 21.0. The van der Waals surface area contributed by atoms with Crippen LogP contribution in [0.1, 0.15) is 18.1 Å². The Labute approximate surface area is 203 Å². The minimum absolute atomic E-state index is 0.147. The van der Waals surface area contributed by atoms with E-state index in [0.29, 0.717) is 0 Å². The van der Waals surface area contributed by atoms with Crippen LogP contribution in [-0.2, 0) is 31.6 Å². The Morgan fingerprint density at radius 1 is 0.806 bits per heavy atom. The van der Waals surface area contributed by atoms with Crippen molar-refractivity contribution in [1.82, 2.24) is 0 Å². The van der Waals surface area contributed by atoms with Crippen molar-refractivity contribution in [2.75, 3.05) is 6.61 Å². The first kappa shape index (κ1) is 25.9. The molecule has 4 aromatic carbocycles. The van der Waals surface area contributed by atoms with Gasteiger partial charge in [0.2, 0.25) is 0 Å². The summed E-state index contributed by atoms with van der Waals surface area (Å²) < 4.78 is 52.2. The molecule has 5 N–H and O–H groups in total. The largest absolute Gasteiger partial charge is 0.490 e. The van der Waals surface area contributed by atoms with Gasteiger partial charge in [0.25, 0.3) is 0 Å². The third kappa shape index (κ3) is 5.28. The quantitative estimate of drug-likeness (QED) is 0.154. The summed E-state index contributed by atoms with van der Waals surface area (Å²) in [6, 6.07) is 18.0. The van der Waals surface area contributed by atoms with E-state index in [2.05, 4.69) is 19.2 Å². The zero-order chi connectivity index (χ0) is 25.9. The second-order valence-corrected chi connectivity index (χ2v) is 12.8. The number of aliphatic hydroxyl groups excluding tert-OH is 1. The van der Waals surface area contributed by atoms with Crippen molar-refractivity contribution in [3.05, 3.63) is 60.2 Å². The molecule has 4 aromatic rings. The molecule has 5 atom stereocenters. The van der Waals surface area contributed by atoms with Crippen molar-refractivity contribution in [2.24, 2.45) is 0 Å². The Bertz CT molecular complexity index is 1570. The van der Waals surface area contributed by atoms with Crippen LogP contribution in [0.5, 0.6) is 0 Å². The van der Waals surface area contributed by atoms with Crippen molar-refractivity contribution in [2.45, 2.75) is 24.7 Å². The van der Waals surface area contributed by atoms with E-state index in [9.17, 15) is 28.6 Å². The minimum Gasteiger partial charge on any atom is -0.390 e. The van der Waals surface area contributed by atoms with Crippen LogP contribution >= 0.6 is 23.5 Å². The van der Waals surface area contributed by atoms with Crippen LogP contribution < -0.4 is 0 Å². The molecule has 1 aliphatic rings.